The second-order valence-corrected chi connectivity index (χ2v) is 5.29. The van der Waals surface area contributed by atoms with Crippen LogP contribution in [0.4, 0.5) is 5.69 Å². The molecule has 7 heteroatoms. The highest BCUT2D eigenvalue weighted by Crippen LogP contribution is 2.28. The number of hydrogen-bond acceptors (Lipinski definition) is 5. The van der Waals surface area contributed by atoms with Crippen molar-refractivity contribution in [2.24, 2.45) is 0 Å². The van der Waals surface area contributed by atoms with Gasteiger partial charge in [0.25, 0.3) is 5.56 Å². The number of nitrogen functional groups attached to an aromatic ring is 1. The summed E-state index contributed by atoms with van der Waals surface area (Å²) in [7, 11) is 0. The number of H-pyrrole nitrogens is 1. The highest BCUT2D eigenvalue weighted by Gasteiger charge is 2.08. The topological polar surface area (TPSA) is 84.7 Å². The molecule has 0 aliphatic rings. The van der Waals surface area contributed by atoms with E-state index in [2.05, 4.69) is 15.0 Å². The van der Waals surface area contributed by atoms with Crippen molar-refractivity contribution in [3.05, 3.63) is 39.4 Å². The van der Waals surface area contributed by atoms with Crippen LogP contribution in [0, 0.1) is 0 Å². The van der Waals surface area contributed by atoms with Crippen LogP contribution in [0.25, 0.3) is 0 Å². The Balaban J connectivity index is 2.32. The number of nitrogens with one attached hydrogen (secondary N) is 1. The highest BCUT2D eigenvalue weighted by atomic mass is 35.5. The zero-order valence-corrected chi connectivity index (χ0v) is 11.9. The van der Waals surface area contributed by atoms with Crippen molar-refractivity contribution in [3.8, 4) is 0 Å². The number of hydrogen-bond donors (Lipinski definition) is 2. The maximum absolute atomic E-state index is 11.5. The van der Waals surface area contributed by atoms with Gasteiger partial charge in [0.1, 0.15) is 10.2 Å². The predicted molar refractivity (Wildman–Crippen MR) is 76.6 cm³/mol. The number of pyridine rings is 1. The van der Waals surface area contributed by atoms with Gasteiger partial charge in [-0.3, -0.25) is 4.79 Å². The molecule has 3 N–H and O–H groups in total. The molecule has 0 aromatic carbocycles. The summed E-state index contributed by atoms with van der Waals surface area (Å²) in [4.78, 5) is 22.7. The Labute approximate surface area is 119 Å². The van der Waals surface area contributed by atoms with E-state index in [0.29, 0.717) is 21.0 Å². The van der Waals surface area contributed by atoms with Gasteiger partial charge in [-0.1, -0.05) is 24.9 Å². The van der Waals surface area contributed by atoms with E-state index in [-0.39, 0.29) is 5.56 Å². The van der Waals surface area contributed by atoms with Crippen LogP contribution >= 0.6 is 23.4 Å². The number of halogens is 1. The summed E-state index contributed by atoms with van der Waals surface area (Å²) in [6.45, 7) is 2.03. The quantitative estimate of drug-likeness (QED) is 0.669. The molecular formula is C12H13ClN4OS. The summed E-state index contributed by atoms with van der Waals surface area (Å²) in [6, 6.07) is 4.79. The Morgan fingerprint density at radius 3 is 2.95 bits per heavy atom. The van der Waals surface area contributed by atoms with Gasteiger partial charge in [-0.25, -0.2) is 9.97 Å². The molecule has 0 radical (unpaired) electrons. The van der Waals surface area contributed by atoms with Crippen molar-refractivity contribution in [3.63, 3.8) is 0 Å². The molecule has 2 heterocycles. The molecule has 0 amide bonds. The molecule has 0 unspecified atom stereocenters. The fraction of sp³-hybridized carbons (Fsp3) is 0.250. The fourth-order valence-corrected chi connectivity index (χ4v) is 2.54. The minimum absolute atomic E-state index is 0.179. The fourth-order valence-electron chi connectivity index (χ4n) is 1.52. The van der Waals surface area contributed by atoms with Gasteiger partial charge in [0.2, 0.25) is 0 Å². The van der Waals surface area contributed by atoms with Gasteiger partial charge >= 0.3 is 0 Å². The third kappa shape index (κ3) is 3.71. The van der Waals surface area contributed by atoms with Gasteiger partial charge in [0.15, 0.2) is 5.16 Å². The van der Waals surface area contributed by atoms with Gasteiger partial charge < -0.3 is 10.7 Å². The number of aromatic nitrogens is 3. The number of rotatable bonds is 4. The number of nitrogens with two attached hydrogens (primary N) is 1. The van der Waals surface area contributed by atoms with Gasteiger partial charge in [0.05, 0.1) is 5.69 Å². The molecule has 2 aromatic heterocycles. The molecule has 0 bridgehead atoms. The molecule has 0 spiro atoms. The zero-order chi connectivity index (χ0) is 13.8. The maximum Gasteiger partial charge on any atom is 0.251 e. The van der Waals surface area contributed by atoms with Crippen molar-refractivity contribution in [2.75, 3.05) is 5.73 Å². The average Bonchev–Trinajstić information content (AvgIpc) is 2.33. The van der Waals surface area contributed by atoms with Gasteiger partial charge in [-0.2, -0.15) is 0 Å². The van der Waals surface area contributed by atoms with E-state index in [1.807, 2.05) is 6.92 Å². The largest absolute Gasteiger partial charge is 0.397 e. The molecule has 0 saturated heterocycles. The number of aromatic amines is 1. The van der Waals surface area contributed by atoms with E-state index in [9.17, 15) is 4.79 Å². The number of anilines is 1. The third-order valence-corrected chi connectivity index (χ3v) is 3.45. The second kappa shape index (κ2) is 6.08. The Hall–Kier alpha value is -1.53. The van der Waals surface area contributed by atoms with Crippen molar-refractivity contribution < 1.29 is 0 Å². The van der Waals surface area contributed by atoms with Crippen LogP contribution in [0.2, 0.25) is 5.15 Å². The first-order chi connectivity index (χ1) is 9.08. The van der Waals surface area contributed by atoms with E-state index < -0.39 is 0 Å². The molecule has 0 aliphatic heterocycles. The standard InChI is InChI=1S/C12H13ClN4OS/c1-2-3-7-6-10(18)17-12(15-7)19-11-8(14)4-5-9(13)16-11/h4-6H,2-3,14H2,1H3,(H,15,17,18). The lowest BCUT2D eigenvalue weighted by molar-refractivity contribution is 0.815. The van der Waals surface area contributed by atoms with Crippen LogP contribution in [0.3, 0.4) is 0 Å². The first-order valence-electron chi connectivity index (χ1n) is 5.78. The van der Waals surface area contributed by atoms with Crippen LogP contribution in [-0.4, -0.2) is 15.0 Å². The van der Waals surface area contributed by atoms with Crippen LogP contribution < -0.4 is 11.3 Å². The Morgan fingerprint density at radius 2 is 2.21 bits per heavy atom. The minimum Gasteiger partial charge on any atom is -0.397 e. The molecule has 2 aromatic rings. The molecule has 0 saturated carbocycles. The molecule has 0 atom stereocenters. The van der Waals surface area contributed by atoms with Crippen LogP contribution in [0.1, 0.15) is 19.0 Å². The summed E-state index contributed by atoms with van der Waals surface area (Å²) in [6.07, 6.45) is 1.69. The Morgan fingerprint density at radius 1 is 1.42 bits per heavy atom. The first kappa shape index (κ1) is 13.9. The molecule has 100 valence electrons. The van der Waals surface area contributed by atoms with Gasteiger partial charge in [-0.05, 0) is 30.3 Å². The van der Waals surface area contributed by atoms with Crippen LogP contribution in [0.15, 0.2) is 33.2 Å². The maximum atomic E-state index is 11.5. The van der Waals surface area contributed by atoms with Crippen molar-refractivity contribution in [1.82, 2.24) is 15.0 Å². The molecule has 19 heavy (non-hydrogen) atoms. The Kier molecular flexibility index (Phi) is 4.44. The van der Waals surface area contributed by atoms with Crippen molar-refractivity contribution in [1.29, 1.82) is 0 Å². The van der Waals surface area contributed by atoms with Crippen molar-refractivity contribution in [2.45, 2.75) is 29.9 Å². The monoisotopic (exact) mass is 296 g/mol. The third-order valence-electron chi connectivity index (χ3n) is 2.33. The summed E-state index contributed by atoms with van der Waals surface area (Å²) >= 11 is 7.02. The lowest BCUT2D eigenvalue weighted by Crippen LogP contribution is -2.10. The van der Waals surface area contributed by atoms with Crippen molar-refractivity contribution >= 4 is 29.1 Å². The summed E-state index contributed by atoms with van der Waals surface area (Å²) in [5.41, 5.74) is 6.89. The normalized spacial score (nSPS) is 10.6. The smallest absolute Gasteiger partial charge is 0.251 e. The molecular weight excluding hydrogens is 284 g/mol. The average molecular weight is 297 g/mol. The number of aryl methyl sites for hydroxylation is 1. The molecule has 2 rings (SSSR count). The highest BCUT2D eigenvalue weighted by molar-refractivity contribution is 7.99. The zero-order valence-electron chi connectivity index (χ0n) is 10.3. The lowest BCUT2D eigenvalue weighted by Gasteiger charge is -2.05. The predicted octanol–water partition coefficient (Wildman–Crippen LogP) is 2.50. The Bertz CT molecular complexity index is 644. The summed E-state index contributed by atoms with van der Waals surface area (Å²) in [5, 5.41) is 1.35. The van der Waals surface area contributed by atoms with Gasteiger partial charge in [-0.15, -0.1) is 0 Å². The second-order valence-electron chi connectivity index (χ2n) is 3.92. The number of nitrogens with zero attached hydrogens (tertiary/aromatic N) is 2. The minimum atomic E-state index is -0.179. The first-order valence-corrected chi connectivity index (χ1v) is 6.98. The molecule has 5 nitrogen and oxygen atoms in total. The lowest BCUT2D eigenvalue weighted by atomic mass is 10.2. The molecule has 0 aliphatic carbocycles. The van der Waals surface area contributed by atoms with E-state index in [1.165, 1.54) is 17.8 Å². The van der Waals surface area contributed by atoms with Gasteiger partial charge in [0, 0.05) is 11.8 Å². The molecule has 0 fully saturated rings. The van der Waals surface area contributed by atoms with E-state index in [4.69, 9.17) is 17.3 Å². The van der Waals surface area contributed by atoms with E-state index in [1.54, 1.807) is 12.1 Å². The van der Waals surface area contributed by atoms with Crippen LogP contribution in [-0.2, 0) is 6.42 Å². The summed E-state index contributed by atoms with van der Waals surface area (Å²) < 4.78 is 0. The van der Waals surface area contributed by atoms with E-state index >= 15 is 0 Å². The SMILES string of the molecule is CCCc1cc(=O)[nH]c(Sc2nc(Cl)ccc2N)n1. The van der Waals surface area contributed by atoms with Crippen LogP contribution in [0.5, 0.6) is 0 Å². The summed E-state index contributed by atoms with van der Waals surface area (Å²) in [5.74, 6) is 0. The van der Waals surface area contributed by atoms with E-state index in [0.717, 1.165) is 18.5 Å².